The van der Waals surface area contributed by atoms with Crippen LogP contribution in [-0.4, -0.2) is 12.5 Å². The van der Waals surface area contributed by atoms with Gasteiger partial charge in [0.25, 0.3) is 5.91 Å². The topological polar surface area (TPSA) is 41.1 Å². The maximum absolute atomic E-state index is 12.5. The number of anilines is 2. The molecule has 0 radical (unpaired) electrons. The number of para-hydroxylation sites is 1. The van der Waals surface area contributed by atoms with E-state index in [1.807, 2.05) is 56.3 Å². The predicted molar refractivity (Wildman–Crippen MR) is 89.1 cm³/mol. The van der Waals surface area contributed by atoms with Crippen LogP contribution in [0.25, 0.3) is 0 Å². The molecular weight excluding hydrogens is 260 g/mol. The standard InChI is InChI=1S/C18H22N2O/c1-4-11-19-16-8-6-5-7-15(16)18(21)20-17-12-13(2)9-10-14(17)3/h5-10,12,19H,4,11H2,1-3H3,(H,20,21). The maximum atomic E-state index is 12.5. The molecule has 0 heterocycles. The van der Waals surface area contributed by atoms with E-state index in [9.17, 15) is 4.79 Å². The van der Waals surface area contributed by atoms with Crippen molar-refractivity contribution in [3.05, 3.63) is 59.2 Å². The first-order valence-electron chi connectivity index (χ1n) is 7.33. The predicted octanol–water partition coefficient (Wildman–Crippen LogP) is 4.38. The van der Waals surface area contributed by atoms with Crippen molar-refractivity contribution < 1.29 is 4.79 Å². The van der Waals surface area contributed by atoms with Crippen LogP contribution in [0.5, 0.6) is 0 Å². The van der Waals surface area contributed by atoms with Crippen LogP contribution in [-0.2, 0) is 0 Å². The van der Waals surface area contributed by atoms with E-state index in [-0.39, 0.29) is 5.91 Å². The summed E-state index contributed by atoms with van der Waals surface area (Å²) in [6, 6.07) is 13.7. The fourth-order valence-electron chi connectivity index (χ4n) is 2.16. The molecule has 1 amide bonds. The highest BCUT2D eigenvalue weighted by molar-refractivity contribution is 6.08. The highest BCUT2D eigenvalue weighted by atomic mass is 16.1. The molecule has 0 fully saturated rings. The SMILES string of the molecule is CCCNc1ccccc1C(=O)Nc1cc(C)ccc1C. The Hall–Kier alpha value is -2.29. The van der Waals surface area contributed by atoms with Gasteiger partial charge >= 0.3 is 0 Å². The minimum atomic E-state index is -0.0806. The van der Waals surface area contributed by atoms with Crippen molar-refractivity contribution in [3.63, 3.8) is 0 Å². The second-order valence-electron chi connectivity index (χ2n) is 5.24. The van der Waals surface area contributed by atoms with Gasteiger partial charge < -0.3 is 10.6 Å². The molecule has 110 valence electrons. The summed E-state index contributed by atoms with van der Waals surface area (Å²) in [5, 5.41) is 6.30. The van der Waals surface area contributed by atoms with Crippen LogP contribution in [0.4, 0.5) is 11.4 Å². The van der Waals surface area contributed by atoms with E-state index in [4.69, 9.17) is 0 Å². The van der Waals surface area contributed by atoms with Crippen LogP contribution in [0.1, 0.15) is 34.8 Å². The molecule has 0 bridgehead atoms. The normalized spacial score (nSPS) is 10.2. The molecule has 2 N–H and O–H groups in total. The Morgan fingerprint density at radius 1 is 1.05 bits per heavy atom. The summed E-state index contributed by atoms with van der Waals surface area (Å²) in [5.74, 6) is -0.0806. The van der Waals surface area contributed by atoms with Gasteiger partial charge in [-0.3, -0.25) is 4.79 Å². The van der Waals surface area contributed by atoms with E-state index in [0.29, 0.717) is 5.56 Å². The molecule has 0 aromatic heterocycles. The van der Waals surface area contributed by atoms with Crippen LogP contribution >= 0.6 is 0 Å². The Balaban J connectivity index is 2.22. The van der Waals surface area contributed by atoms with E-state index in [0.717, 1.165) is 35.5 Å². The minimum absolute atomic E-state index is 0.0806. The molecule has 0 aliphatic heterocycles. The molecule has 0 saturated heterocycles. The van der Waals surface area contributed by atoms with E-state index >= 15 is 0 Å². The quantitative estimate of drug-likeness (QED) is 0.854. The third-order valence-electron chi connectivity index (χ3n) is 3.38. The smallest absolute Gasteiger partial charge is 0.257 e. The lowest BCUT2D eigenvalue weighted by atomic mass is 10.1. The van der Waals surface area contributed by atoms with E-state index < -0.39 is 0 Å². The Morgan fingerprint density at radius 3 is 2.57 bits per heavy atom. The van der Waals surface area contributed by atoms with Crippen molar-refractivity contribution in [2.75, 3.05) is 17.2 Å². The summed E-state index contributed by atoms with van der Waals surface area (Å²) in [6.45, 7) is 6.97. The minimum Gasteiger partial charge on any atom is -0.384 e. The number of amides is 1. The zero-order valence-electron chi connectivity index (χ0n) is 12.9. The summed E-state index contributed by atoms with van der Waals surface area (Å²) in [7, 11) is 0. The van der Waals surface area contributed by atoms with Gasteiger partial charge in [0.05, 0.1) is 5.56 Å². The number of nitrogens with one attached hydrogen (secondary N) is 2. The van der Waals surface area contributed by atoms with Gasteiger partial charge in [0.2, 0.25) is 0 Å². The average molecular weight is 282 g/mol. The van der Waals surface area contributed by atoms with E-state index in [1.54, 1.807) is 0 Å². The summed E-state index contributed by atoms with van der Waals surface area (Å²) in [5.41, 5.74) is 4.61. The molecule has 2 aromatic carbocycles. The number of carbonyl (C=O) groups excluding carboxylic acids is 1. The van der Waals surface area contributed by atoms with Crippen LogP contribution in [0.3, 0.4) is 0 Å². The maximum Gasteiger partial charge on any atom is 0.257 e. The van der Waals surface area contributed by atoms with Crippen molar-refractivity contribution in [1.82, 2.24) is 0 Å². The van der Waals surface area contributed by atoms with Crippen LogP contribution in [0.15, 0.2) is 42.5 Å². The first-order valence-corrected chi connectivity index (χ1v) is 7.33. The zero-order chi connectivity index (χ0) is 15.2. The number of benzene rings is 2. The molecule has 21 heavy (non-hydrogen) atoms. The van der Waals surface area contributed by atoms with Crippen LogP contribution in [0.2, 0.25) is 0 Å². The summed E-state index contributed by atoms with van der Waals surface area (Å²) in [6.07, 6.45) is 1.02. The highest BCUT2D eigenvalue weighted by Gasteiger charge is 2.11. The second kappa shape index (κ2) is 6.93. The third kappa shape index (κ3) is 3.85. The summed E-state index contributed by atoms with van der Waals surface area (Å²) in [4.78, 5) is 12.5. The van der Waals surface area contributed by atoms with Gasteiger partial charge in [0.1, 0.15) is 0 Å². The molecule has 3 heteroatoms. The first kappa shape index (κ1) is 15.1. The van der Waals surface area contributed by atoms with Crippen molar-refractivity contribution in [1.29, 1.82) is 0 Å². The van der Waals surface area contributed by atoms with Gasteiger partial charge in [0, 0.05) is 17.9 Å². The van der Waals surface area contributed by atoms with Gasteiger partial charge in [-0.15, -0.1) is 0 Å². The molecule has 3 nitrogen and oxygen atoms in total. The zero-order valence-corrected chi connectivity index (χ0v) is 12.9. The van der Waals surface area contributed by atoms with Crippen LogP contribution in [0, 0.1) is 13.8 Å². The monoisotopic (exact) mass is 282 g/mol. The molecular formula is C18H22N2O. The summed E-state index contributed by atoms with van der Waals surface area (Å²) >= 11 is 0. The largest absolute Gasteiger partial charge is 0.384 e. The molecule has 2 rings (SSSR count). The van der Waals surface area contributed by atoms with Crippen molar-refractivity contribution in [3.8, 4) is 0 Å². The lowest BCUT2D eigenvalue weighted by molar-refractivity contribution is 0.102. The Labute approximate surface area is 126 Å². The van der Waals surface area contributed by atoms with Crippen LogP contribution < -0.4 is 10.6 Å². The van der Waals surface area contributed by atoms with Gasteiger partial charge in [-0.1, -0.05) is 31.2 Å². The fourth-order valence-corrected chi connectivity index (χ4v) is 2.16. The molecule has 0 saturated carbocycles. The van der Waals surface area contributed by atoms with E-state index in [1.165, 1.54) is 0 Å². The van der Waals surface area contributed by atoms with Crippen molar-refractivity contribution >= 4 is 17.3 Å². The number of carbonyl (C=O) groups is 1. The molecule has 0 unspecified atom stereocenters. The molecule has 0 atom stereocenters. The van der Waals surface area contributed by atoms with Gasteiger partial charge in [-0.25, -0.2) is 0 Å². The molecule has 0 aliphatic rings. The van der Waals surface area contributed by atoms with Gasteiger partial charge in [0.15, 0.2) is 0 Å². The number of rotatable bonds is 5. The number of hydrogen-bond donors (Lipinski definition) is 2. The fraction of sp³-hybridized carbons (Fsp3) is 0.278. The van der Waals surface area contributed by atoms with Gasteiger partial charge in [-0.2, -0.15) is 0 Å². The lowest BCUT2D eigenvalue weighted by Crippen LogP contribution is -2.15. The Bertz CT molecular complexity index is 635. The number of hydrogen-bond acceptors (Lipinski definition) is 2. The number of aryl methyl sites for hydroxylation is 2. The summed E-state index contributed by atoms with van der Waals surface area (Å²) < 4.78 is 0. The van der Waals surface area contributed by atoms with Gasteiger partial charge in [-0.05, 0) is 49.6 Å². The molecule has 0 spiro atoms. The first-order chi connectivity index (χ1) is 10.1. The average Bonchev–Trinajstić information content (AvgIpc) is 2.49. The second-order valence-corrected chi connectivity index (χ2v) is 5.24. The Kier molecular flexibility index (Phi) is 4.99. The molecule has 2 aromatic rings. The highest BCUT2D eigenvalue weighted by Crippen LogP contribution is 2.20. The third-order valence-corrected chi connectivity index (χ3v) is 3.38. The van der Waals surface area contributed by atoms with Crippen molar-refractivity contribution in [2.24, 2.45) is 0 Å². The molecule has 0 aliphatic carbocycles. The van der Waals surface area contributed by atoms with E-state index in [2.05, 4.69) is 17.6 Å². The Morgan fingerprint density at radius 2 is 1.81 bits per heavy atom. The lowest BCUT2D eigenvalue weighted by Gasteiger charge is -2.13. The van der Waals surface area contributed by atoms with Crippen molar-refractivity contribution in [2.45, 2.75) is 27.2 Å².